The molecule has 0 aromatic carbocycles. The van der Waals surface area contributed by atoms with Gasteiger partial charge in [0.25, 0.3) is 5.79 Å². The van der Waals surface area contributed by atoms with Crippen LogP contribution in [0.4, 0.5) is 0 Å². The summed E-state index contributed by atoms with van der Waals surface area (Å²) in [7, 11) is 0. The third kappa shape index (κ3) is 7.76. The monoisotopic (exact) mass is 633 g/mol. The van der Waals surface area contributed by atoms with E-state index in [4.69, 9.17) is 23.7 Å². The Morgan fingerprint density at radius 2 is 1.47 bits per heavy atom. The Labute approximate surface area is 243 Å². The highest BCUT2D eigenvalue weighted by molar-refractivity contribution is 5.76. The van der Waals surface area contributed by atoms with E-state index in [1.54, 1.807) is 0 Å². The number of carboxylic acids is 1. The lowest BCUT2D eigenvalue weighted by Crippen LogP contribution is -2.69. The SMILES string of the molecule is CC(=O)N[C@H]1[C@H]([C@H](O[C@@H]2O[C@H](CO[C@H]3O[C@H](CO)[C@H](O)[C@H](O)[C@H]3O)[C@@H](O)[C@H](O)[C@H]2O)[C@H](O)CO)OC(O)(C(=O)O)C[C@@H]1O. The molecular weight excluding hydrogens is 594 g/mol. The fraction of sp³-hybridized carbons (Fsp3) is 0.913. The molecule has 3 heterocycles. The van der Waals surface area contributed by atoms with Gasteiger partial charge in [-0.25, -0.2) is 4.79 Å². The van der Waals surface area contributed by atoms with Crippen LogP contribution in [0.1, 0.15) is 13.3 Å². The van der Waals surface area contributed by atoms with Crippen molar-refractivity contribution in [1.29, 1.82) is 0 Å². The summed E-state index contributed by atoms with van der Waals surface area (Å²) in [5.41, 5.74) is 0. The van der Waals surface area contributed by atoms with Gasteiger partial charge >= 0.3 is 5.97 Å². The normalized spacial score (nSPS) is 45.3. The second kappa shape index (κ2) is 14.6. The Hall–Kier alpha value is -1.70. The number of nitrogens with one attached hydrogen (secondary N) is 1. The van der Waals surface area contributed by atoms with Crippen molar-refractivity contribution in [3.8, 4) is 0 Å². The number of carbonyl (C=O) groups excluding carboxylic acids is 1. The van der Waals surface area contributed by atoms with Crippen molar-refractivity contribution in [3.05, 3.63) is 0 Å². The number of aliphatic hydroxyl groups is 11. The molecule has 3 fully saturated rings. The van der Waals surface area contributed by atoms with Gasteiger partial charge in [-0.3, -0.25) is 4.79 Å². The summed E-state index contributed by atoms with van der Waals surface area (Å²) in [6.45, 7) is -1.58. The number of amides is 1. The van der Waals surface area contributed by atoms with Gasteiger partial charge in [0.1, 0.15) is 67.1 Å². The molecule has 20 heteroatoms. The van der Waals surface area contributed by atoms with Crippen LogP contribution in [-0.2, 0) is 33.3 Å². The fourth-order valence-electron chi connectivity index (χ4n) is 5.01. The van der Waals surface area contributed by atoms with Crippen LogP contribution in [0.3, 0.4) is 0 Å². The number of hydrogen-bond acceptors (Lipinski definition) is 18. The molecule has 3 aliphatic rings. The van der Waals surface area contributed by atoms with Gasteiger partial charge in [0, 0.05) is 13.3 Å². The van der Waals surface area contributed by atoms with Crippen molar-refractivity contribution in [1.82, 2.24) is 5.32 Å². The zero-order valence-electron chi connectivity index (χ0n) is 22.7. The van der Waals surface area contributed by atoms with Crippen molar-refractivity contribution in [3.63, 3.8) is 0 Å². The molecule has 16 atom stereocenters. The minimum atomic E-state index is -3.06. The average molecular weight is 634 g/mol. The lowest BCUT2D eigenvalue weighted by Gasteiger charge is -2.48. The Balaban J connectivity index is 1.83. The minimum Gasteiger partial charge on any atom is -0.477 e. The third-order valence-corrected chi connectivity index (χ3v) is 7.41. The summed E-state index contributed by atoms with van der Waals surface area (Å²) in [6, 6.07) is -1.55. The van der Waals surface area contributed by atoms with Crippen LogP contribution in [0, 0.1) is 0 Å². The van der Waals surface area contributed by atoms with Gasteiger partial charge < -0.3 is 90.3 Å². The van der Waals surface area contributed by atoms with E-state index < -0.39 is 136 Å². The molecule has 0 aromatic heterocycles. The molecule has 3 rings (SSSR count). The Kier molecular flexibility index (Phi) is 12.1. The maximum Gasteiger partial charge on any atom is 0.364 e. The molecule has 0 radical (unpaired) electrons. The zero-order chi connectivity index (χ0) is 32.4. The Bertz CT molecular complexity index is 942. The predicted octanol–water partition coefficient (Wildman–Crippen LogP) is -8.22. The molecule has 43 heavy (non-hydrogen) atoms. The molecule has 0 bridgehead atoms. The second-order valence-corrected chi connectivity index (χ2v) is 10.6. The minimum absolute atomic E-state index is 0.743. The summed E-state index contributed by atoms with van der Waals surface area (Å²) in [4.78, 5) is 23.5. The number of rotatable bonds is 11. The van der Waals surface area contributed by atoms with Gasteiger partial charge in [0.2, 0.25) is 5.91 Å². The molecule has 0 aliphatic carbocycles. The largest absolute Gasteiger partial charge is 0.477 e. The van der Waals surface area contributed by atoms with Crippen molar-refractivity contribution >= 4 is 11.9 Å². The van der Waals surface area contributed by atoms with Crippen molar-refractivity contribution in [2.75, 3.05) is 19.8 Å². The van der Waals surface area contributed by atoms with Gasteiger partial charge in [-0.2, -0.15) is 0 Å². The standard InChI is InChI=1S/C23H39NO19/c1-6(27)24-11-7(28)2-23(38,22(36)37)43-19(11)18(8(29)3-25)42-21-17(35)15(33)13(31)10(41-21)5-39-20-16(34)14(32)12(30)9(4-26)40-20/h7-21,25-26,28-35,38H,2-5H2,1H3,(H,24,27)(H,36,37)/t7-,8+,9+,10+,11+,12-,13+,14-,15-,16+,17+,18+,19+,20-,21-,23?/m0/s1. The van der Waals surface area contributed by atoms with Crippen LogP contribution in [0.15, 0.2) is 0 Å². The van der Waals surface area contributed by atoms with E-state index in [1.165, 1.54) is 0 Å². The molecular formula is C23H39NO19. The maximum atomic E-state index is 11.8. The highest BCUT2D eigenvalue weighted by atomic mass is 16.7. The Morgan fingerprint density at radius 3 is 2.00 bits per heavy atom. The van der Waals surface area contributed by atoms with Gasteiger partial charge in [-0.05, 0) is 0 Å². The summed E-state index contributed by atoms with van der Waals surface area (Å²) < 4.78 is 26.8. The lowest BCUT2D eigenvalue weighted by atomic mass is 9.88. The number of hydrogen-bond donors (Lipinski definition) is 13. The van der Waals surface area contributed by atoms with E-state index in [9.17, 15) is 70.9 Å². The van der Waals surface area contributed by atoms with E-state index >= 15 is 0 Å². The zero-order valence-corrected chi connectivity index (χ0v) is 22.7. The van der Waals surface area contributed by atoms with Crippen LogP contribution in [0.5, 0.6) is 0 Å². The van der Waals surface area contributed by atoms with Crippen molar-refractivity contribution in [2.24, 2.45) is 0 Å². The number of carbonyl (C=O) groups is 2. The van der Waals surface area contributed by atoms with Crippen LogP contribution >= 0.6 is 0 Å². The maximum absolute atomic E-state index is 11.8. The molecule has 3 aliphatic heterocycles. The third-order valence-electron chi connectivity index (χ3n) is 7.41. The van der Waals surface area contributed by atoms with E-state index in [2.05, 4.69) is 5.32 Å². The quantitative estimate of drug-likeness (QED) is 0.100. The number of carboxylic acid groups (broad SMARTS) is 1. The first kappa shape index (κ1) is 35.8. The molecule has 0 aromatic rings. The van der Waals surface area contributed by atoms with Crippen LogP contribution in [0.2, 0.25) is 0 Å². The summed E-state index contributed by atoms with van der Waals surface area (Å²) in [5.74, 6) is -5.76. The Morgan fingerprint density at radius 1 is 0.907 bits per heavy atom. The molecule has 0 saturated carbocycles. The van der Waals surface area contributed by atoms with E-state index in [1.807, 2.05) is 0 Å². The van der Waals surface area contributed by atoms with Gasteiger partial charge in [-0.1, -0.05) is 0 Å². The first-order valence-electron chi connectivity index (χ1n) is 13.2. The van der Waals surface area contributed by atoms with E-state index in [-0.39, 0.29) is 0 Å². The van der Waals surface area contributed by atoms with Crippen LogP contribution in [-0.4, -0.2) is 191 Å². The van der Waals surface area contributed by atoms with E-state index in [0.717, 1.165) is 6.92 Å². The summed E-state index contributed by atoms with van der Waals surface area (Å²) in [6.07, 6.45) is -26.6. The number of aliphatic carboxylic acids is 1. The van der Waals surface area contributed by atoms with Gasteiger partial charge in [0.05, 0.1) is 32.0 Å². The van der Waals surface area contributed by atoms with Crippen LogP contribution in [0.25, 0.3) is 0 Å². The highest BCUT2D eigenvalue weighted by Crippen LogP contribution is 2.34. The first-order chi connectivity index (χ1) is 20.1. The molecule has 0 spiro atoms. The predicted molar refractivity (Wildman–Crippen MR) is 130 cm³/mol. The topological polar surface area (TPSA) is 335 Å². The van der Waals surface area contributed by atoms with Gasteiger partial charge in [-0.15, -0.1) is 0 Å². The average Bonchev–Trinajstić information content (AvgIpc) is 2.95. The van der Waals surface area contributed by atoms with Crippen molar-refractivity contribution in [2.45, 2.75) is 111 Å². The molecule has 13 N–H and O–H groups in total. The summed E-state index contributed by atoms with van der Waals surface area (Å²) >= 11 is 0. The lowest BCUT2D eigenvalue weighted by molar-refractivity contribution is -0.355. The summed E-state index contributed by atoms with van der Waals surface area (Å²) in [5, 5.41) is 124. The molecule has 1 amide bonds. The number of aliphatic hydroxyl groups excluding tert-OH is 10. The fourth-order valence-corrected chi connectivity index (χ4v) is 5.01. The molecule has 3 saturated heterocycles. The highest BCUT2D eigenvalue weighted by Gasteiger charge is 2.56. The van der Waals surface area contributed by atoms with Crippen molar-refractivity contribution < 1.29 is 94.6 Å². The second-order valence-electron chi connectivity index (χ2n) is 10.6. The molecule has 1 unspecified atom stereocenters. The number of ether oxygens (including phenoxy) is 5. The first-order valence-corrected chi connectivity index (χ1v) is 13.2. The smallest absolute Gasteiger partial charge is 0.364 e. The van der Waals surface area contributed by atoms with Gasteiger partial charge in [0.15, 0.2) is 12.6 Å². The molecule has 250 valence electrons. The van der Waals surface area contributed by atoms with Crippen LogP contribution < -0.4 is 5.32 Å². The molecule has 20 nitrogen and oxygen atoms in total. The van der Waals surface area contributed by atoms with E-state index in [0.29, 0.717) is 0 Å².